The van der Waals surface area contributed by atoms with Crippen molar-refractivity contribution in [2.24, 2.45) is 0 Å². The fraction of sp³-hybridized carbons (Fsp3) is 0.467. The summed E-state index contributed by atoms with van der Waals surface area (Å²) in [6.45, 7) is 3.89. The highest BCUT2D eigenvalue weighted by Crippen LogP contribution is 2.21. The van der Waals surface area contributed by atoms with Gasteiger partial charge in [-0.1, -0.05) is 12.5 Å². The number of rotatable bonds is 3. The smallest absolute Gasteiger partial charge is 0.356 e. The van der Waals surface area contributed by atoms with Gasteiger partial charge < -0.3 is 9.51 Å². The molecule has 2 aromatic heterocycles. The molecule has 1 N–H and O–H groups in total. The normalized spacial score (nSPS) is 20.4. The molecule has 1 unspecified atom stereocenters. The number of hydrogen-bond donors (Lipinski definition) is 1. The first kappa shape index (κ1) is 13.1. The molecule has 0 amide bonds. The van der Waals surface area contributed by atoms with Gasteiger partial charge in [-0.15, -0.1) is 0 Å². The summed E-state index contributed by atoms with van der Waals surface area (Å²) in [6, 6.07) is 6.12. The van der Waals surface area contributed by atoms with Crippen LogP contribution in [-0.2, 0) is 6.54 Å². The molecule has 0 saturated carbocycles. The van der Waals surface area contributed by atoms with Crippen molar-refractivity contribution in [3.63, 3.8) is 0 Å². The average molecular weight is 273 g/mol. The minimum absolute atomic E-state index is 0.175. The second-order valence-corrected chi connectivity index (χ2v) is 5.46. The van der Waals surface area contributed by atoms with E-state index in [0.29, 0.717) is 18.2 Å². The van der Waals surface area contributed by atoms with Crippen LogP contribution in [0.1, 0.15) is 42.4 Å². The topological polar surface area (TPSA) is 57.8 Å². The van der Waals surface area contributed by atoms with Crippen LogP contribution in [-0.4, -0.2) is 37.9 Å². The zero-order valence-corrected chi connectivity index (χ0v) is 11.6. The number of imidazole rings is 1. The summed E-state index contributed by atoms with van der Waals surface area (Å²) in [7, 11) is 0. The molecule has 3 rings (SSSR count). The summed E-state index contributed by atoms with van der Waals surface area (Å²) in [4.78, 5) is 18.0. The Morgan fingerprint density at radius 3 is 3.05 bits per heavy atom. The Balaban J connectivity index is 2.00. The molecule has 1 atom stereocenters. The lowest BCUT2D eigenvalue weighted by molar-refractivity contribution is 0.0686. The van der Waals surface area contributed by atoms with Crippen molar-refractivity contribution in [3.05, 3.63) is 35.8 Å². The number of aromatic nitrogens is 2. The molecular weight excluding hydrogens is 254 g/mol. The highest BCUT2D eigenvalue weighted by molar-refractivity contribution is 5.87. The number of piperidine rings is 1. The number of aromatic carboxylic acids is 1. The minimum atomic E-state index is -0.951. The van der Waals surface area contributed by atoms with Crippen LogP contribution in [0.3, 0.4) is 0 Å². The fourth-order valence-electron chi connectivity index (χ4n) is 2.95. The van der Waals surface area contributed by atoms with Crippen LogP contribution in [0.4, 0.5) is 0 Å². The van der Waals surface area contributed by atoms with Crippen molar-refractivity contribution >= 4 is 11.6 Å². The van der Waals surface area contributed by atoms with Crippen LogP contribution >= 0.6 is 0 Å². The standard InChI is InChI=1S/C15H19N3O2/c1-11-6-2-4-8-17(11)10-12-14(15(19)20)16-13-7-3-5-9-18(12)13/h3,5,7,9,11H,2,4,6,8,10H2,1H3,(H,19,20). The van der Waals surface area contributed by atoms with Crippen molar-refractivity contribution < 1.29 is 9.90 Å². The number of carboxylic acid groups (broad SMARTS) is 1. The largest absolute Gasteiger partial charge is 0.476 e. The highest BCUT2D eigenvalue weighted by Gasteiger charge is 2.24. The van der Waals surface area contributed by atoms with E-state index in [-0.39, 0.29) is 5.69 Å². The zero-order valence-electron chi connectivity index (χ0n) is 11.6. The summed E-state index contributed by atoms with van der Waals surface area (Å²) < 4.78 is 1.89. The Morgan fingerprint density at radius 1 is 1.45 bits per heavy atom. The van der Waals surface area contributed by atoms with Crippen molar-refractivity contribution in [2.75, 3.05) is 6.54 Å². The number of hydrogen-bond acceptors (Lipinski definition) is 3. The SMILES string of the molecule is CC1CCCCN1Cc1c(C(=O)O)nc2ccccn12. The predicted octanol–water partition coefficient (Wildman–Crippen LogP) is 2.41. The maximum atomic E-state index is 11.4. The molecular formula is C15H19N3O2. The lowest BCUT2D eigenvalue weighted by atomic mass is 10.0. The van der Waals surface area contributed by atoms with Gasteiger partial charge in [0, 0.05) is 18.8 Å². The van der Waals surface area contributed by atoms with Crippen molar-refractivity contribution in [1.82, 2.24) is 14.3 Å². The number of carboxylic acids is 1. The molecule has 0 radical (unpaired) electrons. The molecule has 2 aromatic rings. The Labute approximate surface area is 117 Å². The van der Waals surface area contributed by atoms with Gasteiger partial charge in [-0.25, -0.2) is 9.78 Å². The maximum Gasteiger partial charge on any atom is 0.356 e. The quantitative estimate of drug-likeness (QED) is 0.933. The van der Waals surface area contributed by atoms with Gasteiger partial charge in [0.25, 0.3) is 0 Å². The van der Waals surface area contributed by atoms with E-state index in [4.69, 9.17) is 0 Å². The van der Waals surface area contributed by atoms with E-state index < -0.39 is 5.97 Å². The molecule has 0 bridgehead atoms. The minimum Gasteiger partial charge on any atom is -0.476 e. The number of fused-ring (bicyclic) bond motifs is 1. The second kappa shape index (κ2) is 5.25. The molecule has 1 saturated heterocycles. The van der Waals surface area contributed by atoms with E-state index in [1.165, 1.54) is 19.3 Å². The average Bonchev–Trinajstić information content (AvgIpc) is 2.81. The van der Waals surface area contributed by atoms with Crippen LogP contribution in [0.2, 0.25) is 0 Å². The first-order valence-electron chi connectivity index (χ1n) is 7.10. The zero-order chi connectivity index (χ0) is 14.1. The molecule has 20 heavy (non-hydrogen) atoms. The van der Waals surface area contributed by atoms with Crippen LogP contribution in [0.15, 0.2) is 24.4 Å². The predicted molar refractivity (Wildman–Crippen MR) is 75.9 cm³/mol. The van der Waals surface area contributed by atoms with Crippen molar-refractivity contribution in [2.45, 2.75) is 38.8 Å². The van der Waals surface area contributed by atoms with E-state index >= 15 is 0 Å². The summed E-state index contributed by atoms with van der Waals surface area (Å²) in [5.41, 5.74) is 1.65. The number of carbonyl (C=O) groups is 1. The molecule has 5 heteroatoms. The molecule has 1 fully saturated rings. The first-order chi connectivity index (χ1) is 9.66. The molecule has 106 valence electrons. The van der Waals surface area contributed by atoms with Gasteiger partial charge >= 0.3 is 5.97 Å². The fourth-order valence-corrected chi connectivity index (χ4v) is 2.95. The van der Waals surface area contributed by atoms with E-state index in [0.717, 1.165) is 12.2 Å². The molecule has 3 heterocycles. The summed E-state index contributed by atoms with van der Waals surface area (Å²) in [5, 5.41) is 9.37. The lowest BCUT2D eigenvalue weighted by Gasteiger charge is -2.33. The maximum absolute atomic E-state index is 11.4. The Kier molecular flexibility index (Phi) is 3.44. The molecule has 1 aliphatic rings. The number of pyridine rings is 1. The highest BCUT2D eigenvalue weighted by atomic mass is 16.4. The lowest BCUT2D eigenvalue weighted by Crippen LogP contribution is -2.37. The van der Waals surface area contributed by atoms with Crippen LogP contribution < -0.4 is 0 Å². The van der Waals surface area contributed by atoms with E-state index in [1.54, 1.807) is 0 Å². The molecule has 5 nitrogen and oxygen atoms in total. The molecule has 1 aliphatic heterocycles. The van der Waals surface area contributed by atoms with Crippen molar-refractivity contribution in [1.29, 1.82) is 0 Å². The van der Waals surface area contributed by atoms with Gasteiger partial charge in [0.05, 0.1) is 5.69 Å². The summed E-state index contributed by atoms with van der Waals surface area (Å²) in [5.74, 6) is -0.951. The van der Waals surface area contributed by atoms with Gasteiger partial charge in [-0.2, -0.15) is 0 Å². The van der Waals surface area contributed by atoms with Gasteiger partial charge in [0.2, 0.25) is 0 Å². The number of likely N-dealkylation sites (tertiary alicyclic amines) is 1. The third-order valence-corrected chi connectivity index (χ3v) is 4.12. The first-order valence-corrected chi connectivity index (χ1v) is 7.10. The third kappa shape index (κ3) is 2.29. The van der Waals surface area contributed by atoms with E-state index in [9.17, 15) is 9.90 Å². The Bertz CT molecular complexity index is 635. The van der Waals surface area contributed by atoms with E-state index in [1.807, 2.05) is 28.8 Å². The summed E-state index contributed by atoms with van der Waals surface area (Å²) >= 11 is 0. The Morgan fingerprint density at radius 2 is 2.30 bits per heavy atom. The Hall–Kier alpha value is -1.88. The van der Waals surface area contributed by atoms with Gasteiger partial charge in [-0.3, -0.25) is 4.90 Å². The van der Waals surface area contributed by atoms with Gasteiger partial charge in [0.1, 0.15) is 5.65 Å². The second-order valence-electron chi connectivity index (χ2n) is 5.46. The monoisotopic (exact) mass is 273 g/mol. The van der Waals surface area contributed by atoms with E-state index in [2.05, 4.69) is 16.8 Å². The van der Waals surface area contributed by atoms with Crippen LogP contribution in [0, 0.1) is 0 Å². The van der Waals surface area contributed by atoms with Crippen LogP contribution in [0.25, 0.3) is 5.65 Å². The third-order valence-electron chi connectivity index (χ3n) is 4.12. The summed E-state index contributed by atoms with van der Waals surface area (Å²) in [6.07, 6.45) is 5.51. The number of nitrogens with zero attached hydrogens (tertiary/aromatic N) is 3. The van der Waals surface area contributed by atoms with Gasteiger partial charge in [0.15, 0.2) is 5.69 Å². The van der Waals surface area contributed by atoms with Crippen LogP contribution in [0.5, 0.6) is 0 Å². The van der Waals surface area contributed by atoms with Crippen molar-refractivity contribution in [3.8, 4) is 0 Å². The van der Waals surface area contributed by atoms with Gasteiger partial charge in [-0.05, 0) is 38.4 Å². The molecule has 0 aromatic carbocycles. The molecule has 0 aliphatic carbocycles. The molecule has 0 spiro atoms.